The highest BCUT2D eigenvalue weighted by atomic mass is 16.3. The van der Waals surface area contributed by atoms with E-state index in [1.54, 1.807) is 20.8 Å². The predicted molar refractivity (Wildman–Crippen MR) is 127 cm³/mol. The molecular weight excluding hydrogens is 436 g/mol. The van der Waals surface area contributed by atoms with Gasteiger partial charge in [0, 0.05) is 17.8 Å². The van der Waals surface area contributed by atoms with Gasteiger partial charge in [-0.25, -0.2) is 0 Å². The number of aliphatic hydroxyl groups excluding tert-OH is 3. The van der Waals surface area contributed by atoms with Gasteiger partial charge >= 0.3 is 0 Å². The Morgan fingerprint density at radius 1 is 1.03 bits per heavy atom. The Labute approximate surface area is 203 Å². The summed E-state index contributed by atoms with van der Waals surface area (Å²) >= 11 is 0. The van der Waals surface area contributed by atoms with Crippen LogP contribution in [0.25, 0.3) is 0 Å². The van der Waals surface area contributed by atoms with Crippen LogP contribution in [-0.2, 0) is 4.79 Å². The van der Waals surface area contributed by atoms with Gasteiger partial charge < -0.3 is 30.6 Å². The van der Waals surface area contributed by atoms with Gasteiger partial charge in [-0.05, 0) is 95.3 Å². The Hall–Kier alpha value is -0.570. The SMILES string of the molecule is CC(C)(O)CC[C@@H](O)C(C)(O)[C@@H]1CC[C@]2(O)C3CC(=O)[C@@H]4C[C@@H](O)[C@@H](O)C[C@]4(C)C3CC[C@]12C. The first-order chi connectivity index (χ1) is 15.5. The molecule has 0 radical (unpaired) electrons. The van der Waals surface area contributed by atoms with Crippen molar-refractivity contribution in [3.8, 4) is 0 Å². The summed E-state index contributed by atoms with van der Waals surface area (Å²) in [7, 11) is 0. The largest absolute Gasteiger partial charge is 0.390 e. The molecule has 196 valence electrons. The zero-order valence-corrected chi connectivity index (χ0v) is 21.5. The van der Waals surface area contributed by atoms with E-state index in [0.29, 0.717) is 32.1 Å². The van der Waals surface area contributed by atoms with Crippen LogP contribution in [0, 0.1) is 34.5 Å². The van der Waals surface area contributed by atoms with Gasteiger partial charge in [-0.2, -0.15) is 0 Å². The molecule has 0 bridgehead atoms. The molecule has 0 heterocycles. The third-order valence-electron chi connectivity index (χ3n) is 11.1. The first-order valence-electron chi connectivity index (χ1n) is 13.2. The minimum atomic E-state index is -1.44. The number of carbonyl (C=O) groups is 1. The van der Waals surface area contributed by atoms with Crippen molar-refractivity contribution in [1.82, 2.24) is 0 Å². The van der Waals surface area contributed by atoms with Crippen LogP contribution in [0.2, 0.25) is 0 Å². The van der Waals surface area contributed by atoms with E-state index in [-0.39, 0.29) is 48.7 Å². The summed E-state index contributed by atoms with van der Waals surface area (Å²) in [6.07, 6.45) is 1.18. The van der Waals surface area contributed by atoms with Crippen LogP contribution < -0.4 is 0 Å². The molecule has 4 rings (SSSR count). The lowest BCUT2D eigenvalue weighted by Gasteiger charge is -2.64. The van der Waals surface area contributed by atoms with Crippen LogP contribution in [0.3, 0.4) is 0 Å². The molecular formula is C27H46O7. The molecule has 3 unspecified atom stereocenters. The van der Waals surface area contributed by atoms with Crippen molar-refractivity contribution in [3.63, 3.8) is 0 Å². The number of carbonyl (C=O) groups excluding carboxylic acids is 1. The summed E-state index contributed by atoms with van der Waals surface area (Å²) in [6.45, 7) is 9.08. The molecule has 34 heavy (non-hydrogen) atoms. The average molecular weight is 483 g/mol. The van der Waals surface area contributed by atoms with Gasteiger partial charge in [0.25, 0.3) is 0 Å². The van der Waals surface area contributed by atoms with E-state index < -0.39 is 45.9 Å². The zero-order chi connectivity index (χ0) is 25.5. The number of Topliss-reactive ketones (excluding diaryl/α,β-unsaturated/α-hetero) is 1. The Balaban J connectivity index is 1.62. The molecule has 7 nitrogen and oxygen atoms in total. The highest BCUT2D eigenvalue weighted by Gasteiger charge is 2.71. The number of fused-ring (bicyclic) bond motifs is 5. The molecule has 0 aromatic carbocycles. The summed E-state index contributed by atoms with van der Waals surface area (Å²) in [4.78, 5) is 13.3. The number of hydrogen-bond acceptors (Lipinski definition) is 7. The topological polar surface area (TPSA) is 138 Å². The van der Waals surface area contributed by atoms with Gasteiger partial charge in [0.05, 0.1) is 35.1 Å². The molecule has 0 spiro atoms. The van der Waals surface area contributed by atoms with Gasteiger partial charge in [-0.3, -0.25) is 4.79 Å². The van der Waals surface area contributed by atoms with Gasteiger partial charge in [0.1, 0.15) is 5.78 Å². The lowest BCUT2D eigenvalue weighted by atomic mass is 9.42. The fourth-order valence-corrected chi connectivity index (χ4v) is 8.98. The Bertz CT molecular complexity index is 805. The maximum absolute atomic E-state index is 13.3. The first kappa shape index (κ1) is 26.5. The molecule has 0 aliphatic heterocycles. The maximum atomic E-state index is 13.3. The van der Waals surface area contributed by atoms with E-state index in [1.165, 1.54) is 0 Å². The van der Waals surface area contributed by atoms with E-state index in [1.807, 2.05) is 6.92 Å². The van der Waals surface area contributed by atoms with E-state index >= 15 is 0 Å². The molecule has 0 saturated heterocycles. The predicted octanol–water partition coefficient (Wildman–Crippen LogP) is 1.93. The quantitative estimate of drug-likeness (QED) is 0.352. The van der Waals surface area contributed by atoms with Crippen molar-refractivity contribution in [2.24, 2.45) is 34.5 Å². The molecule has 4 fully saturated rings. The van der Waals surface area contributed by atoms with E-state index in [9.17, 15) is 35.4 Å². The van der Waals surface area contributed by atoms with Crippen LogP contribution in [0.15, 0.2) is 0 Å². The van der Waals surface area contributed by atoms with Crippen molar-refractivity contribution in [3.05, 3.63) is 0 Å². The third kappa shape index (κ3) is 3.81. The van der Waals surface area contributed by atoms with Crippen LogP contribution in [0.4, 0.5) is 0 Å². The lowest BCUT2D eigenvalue weighted by molar-refractivity contribution is -0.232. The van der Waals surface area contributed by atoms with Gasteiger partial charge in [-0.15, -0.1) is 0 Å². The molecule has 4 saturated carbocycles. The molecule has 4 aliphatic carbocycles. The van der Waals surface area contributed by atoms with Crippen molar-refractivity contribution in [2.75, 3.05) is 0 Å². The molecule has 0 aromatic rings. The second kappa shape index (κ2) is 8.22. The molecule has 0 aromatic heterocycles. The second-order valence-electron chi connectivity index (χ2n) is 13.6. The minimum Gasteiger partial charge on any atom is -0.390 e. The van der Waals surface area contributed by atoms with Crippen molar-refractivity contribution in [1.29, 1.82) is 0 Å². The molecule has 4 aliphatic rings. The summed E-state index contributed by atoms with van der Waals surface area (Å²) < 4.78 is 0. The summed E-state index contributed by atoms with van der Waals surface area (Å²) in [5.74, 6) is -0.796. The van der Waals surface area contributed by atoms with Crippen LogP contribution >= 0.6 is 0 Å². The van der Waals surface area contributed by atoms with E-state index in [2.05, 4.69) is 6.92 Å². The number of aliphatic hydroxyl groups is 6. The Morgan fingerprint density at radius 2 is 1.68 bits per heavy atom. The van der Waals surface area contributed by atoms with Crippen molar-refractivity contribution in [2.45, 2.75) is 128 Å². The highest BCUT2D eigenvalue weighted by Crippen LogP contribution is 2.69. The van der Waals surface area contributed by atoms with E-state index in [0.717, 1.165) is 6.42 Å². The van der Waals surface area contributed by atoms with Crippen molar-refractivity contribution < 1.29 is 35.4 Å². The van der Waals surface area contributed by atoms with Crippen LogP contribution in [-0.4, -0.2) is 71.5 Å². The van der Waals surface area contributed by atoms with E-state index in [4.69, 9.17) is 0 Å². The lowest BCUT2D eigenvalue weighted by Crippen LogP contribution is -2.66. The maximum Gasteiger partial charge on any atom is 0.137 e. The number of hydrogen-bond donors (Lipinski definition) is 6. The van der Waals surface area contributed by atoms with Crippen LogP contribution in [0.5, 0.6) is 0 Å². The summed E-state index contributed by atoms with van der Waals surface area (Å²) in [5, 5.41) is 65.6. The van der Waals surface area contributed by atoms with Gasteiger partial charge in [0.15, 0.2) is 0 Å². The second-order valence-corrected chi connectivity index (χ2v) is 13.6. The summed E-state index contributed by atoms with van der Waals surface area (Å²) in [6, 6.07) is 0. The van der Waals surface area contributed by atoms with Crippen molar-refractivity contribution >= 4 is 5.78 Å². The monoisotopic (exact) mass is 482 g/mol. The van der Waals surface area contributed by atoms with Crippen LogP contribution in [0.1, 0.15) is 92.4 Å². The summed E-state index contributed by atoms with van der Waals surface area (Å²) in [5.41, 5.74) is -4.66. The molecule has 6 N–H and O–H groups in total. The molecule has 0 amide bonds. The van der Waals surface area contributed by atoms with Gasteiger partial charge in [-0.1, -0.05) is 13.8 Å². The fraction of sp³-hybridized carbons (Fsp3) is 0.963. The zero-order valence-electron chi connectivity index (χ0n) is 21.5. The fourth-order valence-electron chi connectivity index (χ4n) is 8.98. The number of rotatable bonds is 5. The highest BCUT2D eigenvalue weighted by molar-refractivity contribution is 5.83. The van der Waals surface area contributed by atoms with Gasteiger partial charge in [0.2, 0.25) is 0 Å². The average Bonchev–Trinajstić information content (AvgIpc) is 3.00. The first-order valence-corrected chi connectivity index (χ1v) is 13.2. The Morgan fingerprint density at radius 3 is 2.29 bits per heavy atom. The molecule has 11 atom stereocenters. The Kier molecular flexibility index (Phi) is 6.40. The smallest absolute Gasteiger partial charge is 0.137 e. The minimum absolute atomic E-state index is 0.0548. The standard InChI is InChI=1S/C27H46O7/c1-23(2,32)9-8-22(31)26(5,33)21-7-11-27(34)16-12-18(28)17-13-19(29)20(30)14-24(17,3)15(16)6-10-25(21,27)4/h15-17,19-22,29-34H,6-14H2,1-5H3/t15?,16?,17-,19+,20-,21+,22+,24+,25+,26?,27-/m0/s1. The number of ketones is 1. The molecule has 7 heteroatoms. The normalized spacial score (nSPS) is 49.6. The third-order valence-corrected chi connectivity index (χ3v) is 11.1.